The van der Waals surface area contributed by atoms with Crippen LogP contribution >= 0.6 is 0 Å². The molecule has 7 nitrogen and oxygen atoms in total. The van der Waals surface area contributed by atoms with E-state index in [9.17, 15) is 13.2 Å². The summed E-state index contributed by atoms with van der Waals surface area (Å²) in [6, 6.07) is 16.0. The zero-order valence-corrected chi connectivity index (χ0v) is 15.4. The van der Waals surface area contributed by atoms with Gasteiger partial charge in [0, 0.05) is 11.1 Å². The lowest BCUT2D eigenvalue weighted by atomic mass is 10.2. The Morgan fingerprint density at radius 1 is 1.11 bits per heavy atom. The van der Waals surface area contributed by atoms with Gasteiger partial charge in [0.15, 0.2) is 9.84 Å². The number of sulfone groups is 1. The van der Waals surface area contributed by atoms with Gasteiger partial charge in [-0.15, -0.1) is 0 Å². The molecule has 0 saturated heterocycles. The molecule has 2 aromatic carbocycles. The number of hydrogen-bond acceptors (Lipinski definition) is 5. The SMILES string of the molecule is COc1cccc(C(=O)Nc2c3c(nn2-c2ccccc2)CS(=O)(=O)C3)c1. The van der Waals surface area contributed by atoms with E-state index in [0.29, 0.717) is 28.4 Å². The van der Waals surface area contributed by atoms with E-state index in [2.05, 4.69) is 10.4 Å². The first-order valence-corrected chi connectivity index (χ1v) is 10.1. The Labute approximate surface area is 156 Å². The number of benzene rings is 2. The van der Waals surface area contributed by atoms with Gasteiger partial charge in [-0.25, -0.2) is 13.1 Å². The number of rotatable bonds is 4. The van der Waals surface area contributed by atoms with Crippen molar-refractivity contribution in [1.29, 1.82) is 0 Å². The highest BCUT2D eigenvalue weighted by atomic mass is 32.2. The molecule has 1 aliphatic heterocycles. The molecule has 0 radical (unpaired) electrons. The van der Waals surface area contributed by atoms with E-state index in [1.54, 1.807) is 28.9 Å². The van der Waals surface area contributed by atoms with E-state index in [1.165, 1.54) is 7.11 Å². The van der Waals surface area contributed by atoms with Crippen molar-refractivity contribution in [3.05, 3.63) is 71.4 Å². The van der Waals surface area contributed by atoms with Crippen LogP contribution in [0.15, 0.2) is 54.6 Å². The molecule has 1 N–H and O–H groups in total. The van der Waals surface area contributed by atoms with Crippen molar-refractivity contribution >= 4 is 21.6 Å². The van der Waals surface area contributed by atoms with E-state index < -0.39 is 9.84 Å². The monoisotopic (exact) mass is 383 g/mol. The molecule has 3 aromatic rings. The number of hydrogen-bond donors (Lipinski definition) is 1. The molecule has 0 saturated carbocycles. The maximum atomic E-state index is 12.8. The van der Waals surface area contributed by atoms with Gasteiger partial charge in [0.2, 0.25) is 0 Å². The van der Waals surface area contributed by atoms with Crippen LogP contribution in [-0.4, -0.2) is 31.2 Å². The molecule has 1 aromatic heterocycles. The Morgan fingerprint density at radius 3 is 2.63 bits per heavy atom. The van der Waals surface area contributed by atoms with Crippen LogP contribution in [-0.2, 0) is 21.3 Å². The van der Waals surface area contributed by atoms with Gasteiger partial charge in [-0.2, -0.15) is 5.10 Å². The summed E-state index contributed by atoms with van der Waals surface area (Å²) in [6.07, 6.45) is 0. The van der Waals surface area contributed by atoms with Crippen molar-refractivity contribution < 1.29 is 17.9 Å². The minimum Gasteiger partial charge on any atom is -0.497 e. The summed E-state index contributed by atoms with van der Waals surface area (Å²) in [4.78, 5) is 12.8. The first-order chi connectivity index (χ1) is 13.0. The van der Waals surface area contributed by atoms with Gasteiger partial charge in [-0.1, -0.05) is 24.3 Å². The zero-order chi connectivity index (χ0) is 19.0. The first-order valence-electron chi connectivity index (χ1n) is 8.29. The lowest BCUT2D eigenvalue weighted by Crippen LogP contribution is -2.17. The van der Waals surface area contributed by atoms with Crippen LogP contribution in [0.4, 0.5) is 5.82 Å². The molecule has 0 unspecified atom stereocenters. The molecule has 0 atom stereocenters. The van der Waals surface area contributed by atoms with Crippen molar-refractivity contribution in [3.63, 3.8) is 0 Å². The van der Waals surface area contributed by atoms with Gasteiger partial charge < -0.3 is 10.1 Å². The standard InChI is InChI=1S/C19H17N3O4S/c1-26-15-9-5-6-13(10-15)19(23)20-18-16-11-27(24,25)12-17(16)21-22(18)14-7-3-2-4-8-14/h2-10H,11-12H2,1H3,(H,20,23). The molecule has 8 heteroatoms. The van der Waals surface area contributed by atoms with E-state index in [0.717, 1.165) is 5.69 Å². The van der Waals surface area contributed by atoms with Crippen molar-refractivity contribution in [2.75, 3.05) is 12.4 Å². The number of fused-ring (bicyclic) bond motifs is 1. The maximum Gasteiger partial charge on any atom is 0.256 e. The van der Waals surface area contributed by atoms with Crippen LogP contribution in [0, 0.1) is 0 Å². The average molecular weight is 383 g/mol. The minimum atomic E-state index is -3.24. The normalized spacial score (nSPS) is 14.6. The molecule has 0 fully saturated rings. The Balaban J connectivity index is 1.76. The number of aromatic nitrogens is 2. The lowest BCUT2D eigenvalue weighted by Gasteiger charge is -2.11. The molecule has 1 aliphatic rings. The fourth-order valence-electron chi connectivity index (χ4n) is 3.07. The van der Waals surface area contributed by atoms with Gasteiger partial charge in [0.1, 0.15) is 11.6 Å². The van der Waals surface area contributed by atoms with E-state index in [-0.39, 0.29) is 17.4 Å². The summed E-state index contributed by atoms with van der Waals surface area (Å²) < 4.78 is 30.8. The number of methoxy groups -OCH3 is 1. The largest absolute Gasteiger partial charge is 0.497 e. The molecule has 27 heavy (non-hydrogen) atoms. The Bertz CT molecular complexity index is 1120. The van der Waals surface area contributed by atoms with Gasteiger partial charge in [-0.05, 0) is 30.3 Å². The van der Waals surface area contributed by atoms with Gasteiger partial charge in [-0.3, -0.25) is 4.79 Å². The summed E-state index contributed by atoms with van der Waals surface area (Å²) in [5, 5.41) is 7.27. The van der Waals surface area contributed by atoms with E-state index in [4.69, 9.17) is 4.74 Å². The van der Waals surface area contributed by atoms with Gasteiger partial charge >= 0.3 is 0 Å². The number of anilines is 1. The summed E-state index contributed by atoms with van der Waals surface area (Å²) in [6.45, 7) is 0. The Morgan fingerprint density at radius 2 is 1.89 bits per heavy atom. The number of nitrogens with zero attached hydrogens (tertiary/aromatic N) is 2. The molecular weight excluding hydrogens is 366 g/mol. The van der Waals surface area contributed by atoms with E-state index >= 15 is 0 Å². The van der Waals surface area contributed by atoms with Gasteiger partial charge in [0.05, 0.1) is 30.0 Å². The second kappa shape index (κ2) is 6.55. The highest BCUT2D eigenvalue weighted by Crippen LogP contribution is 2.33. The minimum absolute atomic E-state index is 0.121. The molecule has 138 valence electrons. The first kappa shape index (κ1) is 17.3. The van der Waals surface area contributed by atoms with Crippen molar-refractivity contribution in [2.45, 2.75) is 11.5 Å². The Kier molecular flexibility index (Phi) is 4.19. The molecule has 1 amide bonds. The third kappa shape index (κ3) is 3.31. The number of para-hydroxylation sites is 1. The average Bonchev–Trinajstić information content (AvgIpc) is 3.15. The smallest absolute Gasteiger partial charge is 0.256 e. The van der Waals surface area contributed by atoms with Crippen LogP contribution < -0.4 is 10.1 Å². The second-order valence-electron chi connectivity index (χ2n) is 6.24. The highest BCUT2D eigenvalue weighted by Gasteiger charge is 2.33. The van der Waals surface area contributed by atoms with Crippen LogP contribution in [0.5, 0.6) is 5.75 Å². The number of nitrogens with one attached hydrogen (secondary N) is 1. The predicted octanol–water partition coefficient (Wildman–Crippen LogP) is 2.56. The van der Waals surface area contributed by atoms with Crippen molar-refractivity contribution in [1.82, 2.24) is 9.78 Å². The molecule has 4 rings (SSSR count). The lowest BCUT2D eigenvalue weighted by molar-refractivity contribution is 0.102. The van der Waals surface area contributed by atoms with Crippen LogP contribution in [0.2, 0.25) is 0 Å². The second-order valence-corrected chi connectivity index (χ2v) is 8.30. The van der Waals surface area contributed by atoms with Crippen LogP contribution in [0.1, 0.15) is 21.6 Å². The molecule has 2 heterocycles. The van der Waals surface area contributed by atoms with Crippen molar-refractivity contribution in [2.24, 2.45) is 0 Å². The summed E-state index contributed by atoms with van der Waals surface area (Å²) >= 11 is 0. The zero-order valence-electron chi connectivity index (χ0n) is 14.5. The number of carbonyl (C=O) groups is 1. The number of carbonyl (C=O) groups excluding carboxylic acids is 1. The fraction of sp³-hybridized carbons (Fsp3) is 0.158. The van der Waals surface area contributed by atoms with Crippen LogP contribution in [0.25, 0.3) is 5.69 Å². The van der Waals surface area contributed by atoms with Crippen molar-refractivity contribution in [3.8, 4) is 11.4 Å². The molecule has 0 aliphatic carbocycles. The topological polar surface area (TPSA) is 90.3 Å². The summed E-state index contributed by atoms with van der Waals surface area (Å²) in [7, 11) is -1.71. The third-order valence-corrected chi connectivity index (χ3v) is 5.79. The quantitative estimate of drug-likeness (QED) is 0.748. The maximum absolute atomic E-state index is 12.8. The van der Waals surface area contributed by atoms with Gasteiger partial charge in [0.25, 0.3) is 5.91 Å². The third-order valence-electron chi connectivity index (χ3n) is 4.35. The fourth-order valence-corrected chi connectivity index (χ4v) is 4.56. The summed E-state index contributed by atoms with van der Waals surface area (Å²) in [5.41, 5.74) is 2.16. The molecule has 0 spiro atoms. The predicted molar refractivity (Wildman–Crippen MR) is 101 cm³/mol. The molecular formula is C19H17N3O4S. The number of amides is 1. The number of ether oxygens (including phenoxy) is 1. The van der Waals surface area contributed by atoms with E-state index in [1.807, 2.05) is 30.3 Å². The summed E-state index contributed by atoms with van der Waals surface area (Å²) in [5.74, 6) is 0.322. The van der Waals surface area contributed by atoms with Crippen LogP contribution in [0.3, 0.4) is 0 Å². The Hall–Kier alpha value is -3.13. The molecule has 0 bridgehead atoms. The highest BCUT2D eigenvalue weighted by molar-refractivity contribution is 7.90.